The Hall–Kier alpha value is -1.79. The smallest absolute Gasteiger partial charge is 0.327 e. The Kier molecular flexibility index (Phi) is 4.73. The number of rotatable bonds is 6. The van der Waals surface area contributed by atoms with E-state index < -0.39 is 12.0 Å². The van der Waals surface area contributed by atoms with Crippen LogP contribution in [0, 0.1) is 5.82 Å². The zero-order valence-electron chi connectivity index (χ0n) is 13.1. The molecule has 0 unspecified atom stereocenters. The lowest BCUT2D eigenvalue weighted by molar-refractivity contribution is -0.143. The summed E-state index contributed by atoms with van der Waals surface area (Å²) in [5.41, 5.74) is 1.59. The van der Waals surface area contributed by atoms with Gasteiger partial charge in [0.2, 0.25) is 0 Å². The van der Waals surface area contributed by atoms with Gasteiger partial charge in [0.25, 0.3) is 0 Å². The van der Waals surface area contributed by atoms with Crippen LogP contribution in [0.1, 0.15) is 54.0 Å². The zero-order valence-corrected chi connectivity index (χ0v) is 13.9. The van der Waals surface area contributed by atoms with Crippen LogP contribution in [0.25, 0.3) is 0 Å². The molecule has 0 amide bonds. The number of nitrogens with one attached hydrogen (secondary N) is 1. The monoisotopic (exact) mass is 334 g/mol. The number of esters is 1. The number of hydrogen-bond acceptors (Lipinski definition) is 5. The Balaban J connectivity index is 1.76. The number of nitrogens with zero attached hydrogens (tertiary/aromatic N) is 1. The van der Waals surface area contributed by atoms with Gasteiger partial charge in [-0.3, -0.25) is 5.32 Å². The van der Waals surface area contributed by atoms with Gasteiger partial charge in [-0.25, -0.2) is 14.2 Å². The van der Waals surface area contributed by atoms with Crippen LogP contribution in [0.15, 0.2) is 29.6 Å². The molecule has 1 aliphatic rings. The molecular formula is C17H19FN2O2S. The molecule has 1 fully saturated rings. The Labute approximate surface area is 138 Å². The first-order valence-corrected chi connectivity index (χ1v) is 8.51. The fourth-order valence-electron chi connectivity index (χ4n) is 2.43. The number of methoxy groups -OCH3 is 1. The molecule has 1 heterocycles. The van der Waals surface area contributed by atoms with Crippen LogP contribution in [0.5, 0.6) is 0 Å². The maximum atomic E-state index is 13.1. The average molecular weight is 334 g/mol. The number of aromatic nitrogens is 1. The van der Waals surface area contributed by atoms with Crippen molar-refractivity contribution < 1.29 is 13.9 Å². The second kappa shape index (κ2) is 6.76. The quantitative estimate of drug-likeness (QED) is 0.818. The minimum Gasteiger partial charge on any atom is -0.468 e. The maximum Gasteiger partial charge on any atom is 0.327 e. The van der Waals surface area contributed by atoms with Gasteiger partial charge in [0.15, 0.2) is 0 Å². The van der Waals surface area contributed by atoms with Crippen molar-refractivity contribution >= 4 is 17.3 Å². The van der Waals surface area contributed by atoms with Crippen LogP contribution in [-0.4, -0.2) is 18.1 Å². The second-order valence-corrected chi connectivity index (χ2v) is 6.67. The lowest BCUT2D eigenvalue weighted by Crippen LogP contribution is -2.32. The molecule has 0 bridgehead atoms. The van der Waals surface area contributed by atoms with Crippen molar-refractivity contribution in [3.63, 3.8) is 0 Å². The molecule has 23 heavy (non-hydrogen) atoms. The third-order valence-corrected chi connectivity index (χ3v) is 4.99. The number of halogens is 1. The number of ether oxygens (including phenoxy) is 1. The van der Waals surface area contributed by atoms with E-state index in [1.165, 1.54) is 37.1 Å². The molecule has 1 N–H and O–H groups in total. The highest BCUT2D eigenvalue weighted by molar-refractivity contribution is 7.09. The van der Waals surface area contributed by atoms with E-state index in [1.807, 2.05) is 12.3 Å². The molecule has 1 aromatic carbocycles. The van der Waals surface area contributed by atoms with E-state index in [1.54, 1.807) is 23.5 Å². The van der Waals surface area contributed by atoms with E-state index in [-0.39, 0.29) is 11.9 Å². The third kappa shape index (κ3) is 3.76. The highest BCUT2D eigenvalue weighted by Gasteiger charge is 2.28. The van der Waals surface area contributed by atoms with E-state index in [0.717, 1.165) is 5.69 Å². The van der Waals surface area contributed by atoms with E-state index >= 15 is 0 Å². The van der Waals surface area contributed by atoms with Crippen molar-refractivity contribution in [2.24, 2.45) is 0 Å². The molecule has 1 aliphatic carbocycles. The van der Waals surface area contributed by atoms with Crippen molar-refractivity contribution in [2.75, 3.05) is 7.11 Å². The topological polar surface area (TPSA) is 51.2 Å². The first-order valence-electron chi connectivity index (χ1n) is 7.63. The predicted octanol–water partition coefficient (Wildman–Crippen LogP) is 3.72. The standard InChI is InChI=1S/C17H19FN2O2S/c1-10(14-9-23-16(20-14)12-3-4-12)19-15(17(21)22-2)11-5-7-13(18)8-6-11/h5-10,12,15,19H,3-4H2,1-2H3/t10-,15-/m1/s1. The van der Waals surface area contributed by atoms with Gasteiger partial charge in [0, 0.05) is 17.3 Å². The molecule has 1 saturated carbocycles. The lowest BCUT2D eigenvalue weighted by atomic mass is 10.1. The third-order valence-electron chi connectivity index (χ3n) is 3.97. The summed E-state index contributed by atoms with van der Waals surface area (Å²) in [6, 6.07) is 5.10. The molecule has 0 saturated heterocycles. The molecule has 4 nitrogen and oxygen atoms in total. The summed E-state index contributed by atoms with van der Waals surface area (Å²) in [6.07, 6.45) is 2.43. The van der Waals surface area contributed by atoms with Gasteiger partial charge in [-0.2, -0.15) is 0 Å². The van der Waals surface area contributed by atoms with Crippen molar-refractivity contribution in [3.05, 3.63) is 51.7 Å². The van der Waals surface area contributed by atoms with Gasteiger partial charge in [-0.05, 0) is 37.5 Å². The van der Waals surface area contributed by atoms with Gasteiger partial charge in [-0.1, -0.05) is 12.1 Å². The molecule has 3 rings (SSSR count). The zero-order chi connectivity index (χ0) is 16.4. The normalized spacial score (nSPS) is 16.8. The molecule has 0 radical (unpaired) electrons. The van der Waals surface area contributed by atoms with Crippen molar-refractivity contribution in [1.29, 1.82) is 0 Å². The molecule has 2 aromatic rings. The minimum absolute atomic E-state index is 0.104. The molecule has 2 atom stereocenters. The first kappa shape index (κ1) is 16.1. The van der Waals surface area contributed by atoms with Gasteiger partial charge in [-0.15, -0.1) is 11.3 Å². The van der Waals surface area contributed by atoms with Gasteiger partial charge in [0.1, 0.15) is 11.9 Å². The Morgan fingerprint density at radius 2 is 2.09 bits per heavy atom. The van der Waals surface area contributed by atoms with Crippen LogP contribution < -0.4 is 5.32 Å². The lowest BCUT2D eigenvalue weighted by Gasteiger charge is -2.21. The second-order valence-electron chi connectivity index (χ2n) is 5.78. The van der Waals surface area contributed by atoms with Crippen LogP contribution >= 0.6 is 11.3 Å². The van der Waals surface area contributed by atoms with Crippen molar-refractivity contribution in [2.45, 2.75) is 37.8 Å². The summed E-state index contributed by atoms with van der Waals surface area (Å²) in [5, 5.41) is 6.44. The fraction of sp³-hybridized carbons (Fsp3) is 0.412. The maximum absolute atomic E-state index is 13.1. The number of thiazole rings is 1. The SMILES string of the molecule is COC(=O)[C@H](N[C@H](C)c1csc(C2CC2)n1)c1ccc(F)cc1. The highest BCUT2D eigenvalue weighted by Crippen LogP contribution is 2.41. The molecule has 6 heteroatoms. The number of carbonyl (C=O) groups excluding carboxylic acids is 1. The Bertz CT molecular complexity index is 682. The van der Waals surface area contributed by atoms with Crippen LogP contribution in [-0.2, 0) is 9.53 Å². The Morgan fingerprint density at radius 3 is 2.70 bits per heavy atom. The largest absolute Gasteiger partial charge is 0.468 e. The average Bonchev–Trinajstić information content (AvgIpc) is 3.29. The van der Waals surface area contributed by atoms with Gasteiger partial charge < -0.3 is 4.74 Å². The number of hydrogen-bond donors (Lipinski definition) is 1. The molecule has 0 spiro atoms. The fourth-order valence-corrected chi connectivity index (χ4v) is 3.51. The predicted molar refractivity (Wildman–Crippen MR) is 86.8 cm³/mol. The highest BCUT2D eigenvalue weighted by atomic mass is 32.1. The Morgan fingerprint density at radius 1 is 1.39 bits per heavy atom. The first-order chi connectivity index (χ1) is 11.1. The number of benzene rings is 1. The molecule has 0 aliphatic heterocycles. The van der Waals surface area contributed by atoms with E-state index in [0.29, 0.717) is 11.5 Å². The van der Waals surface area contributed by atoms with Gasteiger partial charge in [0.05, 0.1) is 17.8 Å². The van der Waals surface area contributed by atoms with Crippen molar-refractivity contribution in [3.8, 4) is 0 Å². The van der Waals surface area contributed by atoms with E-state index in [9.17, 15) is 9.18 Å². The molecule has 1 aromatic heterocycles. The van der Waals surface area contributed by atoms with Crippen LogP contribution in [0.2, 0.25) is 0 Å². The molecular weight excluding hydrogens is 315 g/mol. The van der Waals surface area contributed by atoms with Gasteiger partial charge >= 0.3 is 5.97 Å². The summed E-state index contributed by atoms with van der Waals surface area (Å²) in [6.45, 7) is 1.96. The molecule has 122 valence electrons. The summed E-state index contributed by atoms with van der Waals surface area (Å²) in [4.78, 5) is 16.8. The van der Waals surface area contributed by atoms with Crippen LogP contribution in [0.4, 0.5) is 4.39 Å². The number of carbonyl (C=O) groups is 1. The summed E-state index contributed by atoms with van der Waals surface area (Å²) >= 11 is 1.67. The van der Waals surface area contributed by atoms with E-state index in [4.69, 9.17) is 4.74 Å². The summed E-state index contributed by atoms with van der Waals surface area (Å²) in [7, 11) is 1.35. The van der Waals surface area contributed by atoms with E-state index in [2.05, 4.69) is 10.3 Å². The summed E-state index contributed by atoms with van der Waals surface area (Å²) in [5.74, 6) is -0.116. The minimum atomic E-state index is -0.651. The summed E-state index contributed by atoms with van der Waals surface area (Å²) < 4.78 is 18.0. The van der Waals surface area contributed by atoms with Crippen LogP contribution in [0.3, 0.4) is 0 Å². The van der Waals surface area contributed by atoms with Crippen molar-refractivity contribution in [1.82, 2.24) is 10.3 Å².